The molecule has 0 bridgehead atoms. The normalized spacial score (nSPS) is 26.0. The number of rotatable bonds is 5. The number of hydrogen-bond acceptors (Lipinski definition) is 4. The van der Waals surface area contributed by atoms with Crippen molar-refractivity contribution in [2.45, 2.75) is 37.9 Å². The molecule has 1 aromatic rings. The molecule has 1 amide bonds. The smallest absolute Gasteiger partial charge is 0.241 e. The van der Waals surface area contributed by atoms with Crippen molar-refractivity contribution in [3.05, 3.63) is 35.9 Å². The molecule has 5 heteroatoms. The maximum Gasteiger partial charge on any atom is 0.241 e. The maximum absolute atomic E-state index is 12.4. The van der Waals surface area contributed by atoms with Crippen LogP contribution in [0.5, 0.6) is 0 Å². The first-order chi connectivity index (χ1) is 11.7. The van der Waals surface area contributed by atoms with E-state index in [0.717, 1.165) is 32.6 Å². The van der Waals surface area contributed by atoms with Crippen LogP contribution >= 0.6 is 0 Å². The highest BCUT2D eigenvalue weighted by Gasteiger charge is 2.37. The summed E-state index contributed by atoms with van der Waals surface area (Å²) in [6.45, 7) is 4.12. The summed E-state index contributed by atoms with van der Waals surface area (Å²) in [5, 5.41) is 0. The first-order valence-electron chi connectivity index (χ1n) is 9.00. The minimum atomic E-state index is -0.532. The number of ether oxygens (including phenoxy) is 1. The van der Waals surface area contributed by atoms with Crippen LogP contribution in [0.15, 0.2) is 30.3 Å². The van der Waals surface area contributed by atoms with Crippen LogP contribution < -0.4 is 5.73 Å². The Morgan fingerprint density at radius 2 is 2.08 bits per heavy atom. The summed E-state index contributed by atoms with van der Waals surface area (Å²) >= 11 is 0. The minimum Gasteiger partial charge on any atom is -0.383 e. The van der Waals surface area contributed by atoms with Crippen molar-refractivity contribution in [2.75, 3.05) is 33.4 Å². The van der Waals surface area contributed by atoms with Gasteiger partial charge in [0.05, 0.1) is 6.61 Å². The van der Waals surface area contributed by atoms with E-state index in [-0.39, 0.29) is 5.91 Å². The maximum atomic E-state index is 12.4. The zero-order chi connectivity index (χ0) is 16.9. The van der Waals surface area contributed by atoms with Gasteiger partial charge in [0, 0.05) is 32.8 Å². The largest absolute Gasteiger partial charge is 0.383 e. The molecule has 1 aromatic carbocycles. The molecular weight excluding hydrogens is 302 g/mol. The van der Waals surface area contributed by atoms with Crippen molar-refractivity contribution in [1.29, 1.82) is 0 Å². The third-order valence-electron chi connectivity index (χ3n) is 5.39. The molecule has 5 nitrogen and oxygen atoms in total. The molecule has 0 radical (unpaired) electrons. The SMILES string of the molecule is COCC(N)C(=O)N1CCC2C(CCCN2Cc2ccccc2)C1. The number of nitrogens with two attached hydrogens (primary N) is 1. The van der Waals surface area contributed by atoms with Crippen LogP contribution in [0, 0.1) is 5.92 Å². The van der Waals surface area contributed by atoms with E-state index in [1.54, 1.807) is 7.11 Å². The molecule has 0 aliphatic carbocycles. The number of piperidine rings is 2. The summed E-state index contributed by atoms with van der Waals surface area (Å²) in [7, 11) is 1.59. The second kappa shape index (κ2) is 8.10. The molecule has 2 aliphatic rings. The summed E-state index contributed by atoms with van der Waals surface area (Å²) in [6.07, 6.45) is 3.46. The van der Waals surface area contributed by atoms with Crippen LogP contribution in [0.2, 0.25) is 0 Å². The highest BCUT2D eigenvalue weighted by Crippen LogP contribution is 2.31. The average Bonchev–Trinajstić information content (AvgIpc) is 2.62. The van der Waals surface area contributed by atoms with Gasteiger partial charge in [0.2, 0.25) is 5.91 Å². The molecule has 2 N–H and O–H groups in total. The van der Waals surface area contributed by atoms with Crippen LogP contribution in [0.3, 0.4) is 0 Å². The van der Waals surface area contributed by atoms with Crippen molar-refractivity contribution in [3.8, 4) is 0 Å². The highest BCUT2D eigenvalue weighted by molar-refractivity contribution is 5.81. The molecule has 132 valence electrons. The molecular formula is C19H29N3O2. The number of carbonyl (C=O) groups excluding carboxylic acids is 1. The number of likely N-dealkylation sites (tertiary alicyclic amines) is 2. The summed E-state index contributed by atoms with van der Waals surface area (Å²) in [5.41, 5.74) is 7.30. The number of amides is 1. The van der Waals surface area contributed by atoms with Crippen molar-refractivity contribution >= 4 is 5.91 Å². The highest BCUT2D eigenvalue weighted by atomic mass is 16.5. The predicted molar refractivity (Wildman–Crippen MR) is 94.4 cm³/mol. The first kappa shape index (κ1) is 17.4. The van der Waals surface area contributed by atoms with E-state index in [9.17, 15) is 4.79 Å². The topological polar surface area (TPSA) is 58.8 Å². The Morgan fingerprint density at radius 1 is 1.29 bits per heavy atom. The van der Waals surface area contributed by atoms with Crippen molar-refractivity contribution in [1.82, 2.24) is 9.80 Å². The Labute approximate surface area is 144 Å². The van der Waals surface area contributed by atoms with Crippen molar-refractivity contribution < 1.29 is 9.53 Å². The van der Waals surface area contributed by atoms with Gasteiger partial charge < -0.3 is 15.4 Å². The number of methoxy groups -OCH3 is 1. The number of carbonyl (C=O) groups is 1. The van der Waals surface area contributed by atoms with Gasteiger partial charge in [-0.3, -0.25) is 9.69 Å². The molecule has 0 aromatic heterocycles. The van der Waals surface area contributed by atoms with Gasteiger partial charge in [0.15, 0.2) is 0 Å². The molecule has 2 aliphatic heterocycles. The van der Waals surface area contributed by atoms with E-state index >= 15 is 0 Å². The molecule has 2 fully saturated rings. The lowest BCUT2D eigenvalue weighted by molar-refractivity contribution is -0.137. The average molecular weight is 331 g/mol. The zero-order valence-electron chi connectivity index (χ0n) is 14.6. The van der Waals surface area contributed by atoms with E-state index in [0.29, 0.717) is 18.6 Å². The third-order valence-corrected chi connectivity index (χ3v) is 5.39. The molecule has 0 spiro atoms. The van der Waals surface area contributed by atoms with E-state index in [1.165, 1.54) is 18.4 Å². The summed E-state index contributed by atoms with van der Waals surface area (Å²) in [5.74, 6) is 0.602. The second-order valence-electron chi connectivity index (χ2n) is 7.06. The van der Waals surface area contributed by atoms with Gasteiger partial charge in [-0.05, 0) is 37.3 Å². The van der Waals surface area contributed by atoms with Crippen molar-refractivity contribution in [3.63, 3.8) is 0 Å². The van der Waals surface area contributed by atoms with Crippen LogP contribution in [0.25, 0.3) is 0 Å². The lowest BCUT2D eigenvalue weighted by atomic mass is 9.83. The van der Waals surface area contributed by atoms with E-state index in [4.69, 9.17) is 10.5 Å². The van der Waals surface area contributed by atoms with Crippen LogP contribution in [0.4, 0.5) is 0 Å². The van der Waals surface area contributed by atoms with Crippen LogP contribution in [0.1, 0.15) is 24.8 Å². The fourth-order valence-corrected chi connectivity index (χ4v) is 4.21. The molecule has 2 heterocycles. The Kier molecular flexibility index (Phi) is 5.87. The molecule has 2 saturated heterocycles. The van der Waals surface area contributed by atoms with Crippen LogP contribution in [-0.2, 0) is 16.1 Å². The van der Waals surface area contributed by atoms with Gasteiger partial charge in [-0.2, -0.15) is 0 Å². The summed E-state index contributed by atoms with van der Waals surface area (Å²) in [4.78, 5) is 17.0. The Morgan fingerprint density at radius 3 is 2.83 bits per heavy atom. The van der Waals surface area contributed by atoms with Gasteiger partial charge in [0.25, 0.3) is 0 Å². The summed E-state index contributed by atoms with van der Waals surface area (Å²) in [6, 6.07) is 10.7. The monoisotopic (exact) mass is 331 g/mol. The fourth-order valence-electron chi connectivity index (χ4n) is 4.21. The minimum absolute atomic E-state index is 0.0375. The Bertz CT molecular complexity index is 537. The number of benzene rings is 1. The molecule has 0 saturated carbocycles. The van der Waals surface area contributed by atoms with Gasteiger partial charge in [-0.15, -0.1) is 0 Å². The van der Waals surface area contributed by atoms with Crippen molar-refractivity contribution in [2.24, 2.45) is 11.7 Å². The quantitative estimate of drug-likeness (QED) is 0.888. The molecule has 3 atom stereocenters. The zero-order valence-corrected chi connectivity index (χ0v) is 14.6. The van der Waals surface area contributed by atoms with E-state index < -0.39 is 6.04 Å². The number of hydrogen-bond donors (Lipinski definition) is 1. The summed E-state index contributed by atoms with van der Waals surface area (Å²) < 4.78 is 5.02. The molecule has 3 unspecified atom stereocenters. The Balaban J connectivity index is 1.60. The Hall–Kier alpha value is -1.43. The van der Waals surface area contributed by atoms with E-state index in [2.05, 4.69) is 35.2 Å². The predicted octanol–water partition coefficient (Wildman–Crippen LogP) is 1.47. The van der Waals surface area contributed by atoms with Gasteiger partial charge in [-0.25, -0.2) is 0 Å². The third kappa shape index (κ3) is 3.97. The molecule has 24 heavy (non-hydrogen) atoms. The van der Waals surface area contributed by atoms with Gasteiger partial charge in [-0.1, -0.05) is 30.3 Å². The van der Waals surface area contributed by atoms with Crippen LogP contribution in [-0.4, -0.2) is 61.1 Å². The second-order valence-corrected chi connectivity index (χ2v) is 7.06. The molecule has 3 rings (SSSR count). The van der Waals surface area contributed by atoms with Gasteiger partial charge in [0.1, 0.15) is 6.04 Å². The van der Waals surface area contributed by atoms with Gasteiger partial charge >= 0.3 is 0 Å². The number of fused-ring (bicyclic) bond motifs is 1. The first-order valence-corrected chi connectivity index (χ1v) is 9.00. The van der Waals surface area contributed by atoms with E-state index in [1.807, 2.05) is 4.90 Å². The fraction of sp³-hybridized carbons (Fsp3) is 0.632. The lowest BCUT2D eigenvalue weighted by Crippen LogP contribution is -2.57. The lowest BCUT2D eigenvalue weighted by Gasteiger charge is -2.47. The standard InChI is InChI=1S/C19H29N3O2/c1-24-14-17(20)19(23)22-11-9-18-16(13-22)8-5-10-21(18)12-15-6-3-2-4-7-15/h2-4,6-7,16-18H,5,8-14,20H2,1H3. The number of nitrogens with zero attached hydrogens (tertiary/aromatic N) is 2.